The molecular formula is C15H16N2OS. The largest absolute Gasteiger partial charge is 0.269 e. The molecule has 0 spiro atoms. The van der Waals surface area contributed by atoms with Gasteiger partial charge in [0.15, 0.2) is 4.96 Å². The lowest BCUT2D eigenvalue weighted by molar-refractivity contribution is 0.722. The lowest BCUT2D eigenvalue weighted by Gasteiger charge is -2.00. The quantitative estimate of drug-likeness (QED) is 0.679. The van der Waals surface area contributed by atoms with E-state index in [1.807, 2.05) is 24.3 Å². The van der Waals surface area contributed by atoms with Crippen molar-refractivity contribution in [2.24, 2.45) is 0 Å². The van der Waals surface area contributed by atoms with Crippen molar-refractivity contribution in [3.8, 4) is 0 Å². The van der Waals surface area contributed by atoms with E-state index in [1.54, 1.807) is 21.8 Å². The second-order valence-electron chi connectivity index (χ2n) is 4.73. The van der Waals surface area contributed by atoms with Crippen LogP contribution in [0.25, 0.3) is 16.0 Å². The maximum Gasteiger partial charge on any atom is 0.258 e. The fraction of sp³-hybridized carbons (Fsp3) is 0.333. The monoisotopic (exact) mass is 272 g/mol. The van der Waals surface area contributed by atoms with Crippen molar-refractivity contribution in [3.63, 3.8) is 0 Å². The number of hydrogen-bond acceptors (Lipinski definition) is 3. The third-order valence-corrected chi connectivity index (χ3v) is 4.32. The van der Waals surface area contributed by atoms with Gasteiger partial charge in [0.05, 0.1) is 11.0 Å². The number of nitrogens with zero attached hydrogens (tertiary/aromatic N) is 2. The molecule has 3 rings (SSSR count). The molecular weight excluding hydrogens is 256 g/mol. The standard InChI is InChI=1S/C15H16N2OS/c1-2-3-4-7-11-10-14(18)17-13-9-6-5-8-12(13)16-15(17)19-11/h5-6,8-10H,2-4,7H2,1H3. The van der Waals surface area contributed by atoms with E-state index in [2.05, 4.69) is 11.9 Å². The molecule has 3 aromatic rings. The van der Waals surface area contributed by atoms with Crippen molar-refractivity contribution in [1.82, 2.24) is 9.38 Å². The lowest BCUT2D eigenvalue weighted by Crippen LogP contribution is -2.10. The van der Waals surface area contributed by atoms with Crippen LogP contribution in [0.5, 0.6) is 0 Å². The topological polar surface area (TPSA) is 34.4 Å². The fourth-order valence-corrected chi connectivity index (χ4v) is 3.37. The van der Waals surface area contributed by atoms with E-state index >= 15 is 0 Å². The summed E-state index contributed by atoms with van der Waals surface area (Å²) in [5.41, 5.74) is 1.83. The van der Waals surface area contributed by atoms with E-state index in [4.69, 9.17) is 0 Å². The van der Waals surface area contributed by atoms with Crippen LogP contribution in [0.15, 0.2) is 35.1 Å². The minimum absolute atomic E-state index is 0.0361. The van der Waals surface area contributed by atoms with Crippen LogP contribution in [0.1, 0.15) is 31.1 Å². The van der Waals surface area contributed by atoms with Crippen molar-refractivity contribution in [1.29, 1.82) is 0 Å². The van der Waals surface area contributed by atoms with E-state index in [1.165, 1.54) is 12.8 Å². The molecule has 19 heavy (non-hydrogen) atoms. The Balaban J connectivity index is 2.11. The van der Waals surface area contributed by atoms with Gasteiger partial charge in [0.1, 0.15) is 0 Å². The highest BCUT2D eigenvalue weighted by Gasteiger charge is 2.08. The highest BCUT2D eigenvalue weighted by Crippen LogP contribution is 2.20. The molecule has 0 saturated carbocycles. The number of fused-ring (bicyclic) bond motifs is 3. The molecule has 0 amide bonds. The van der Waals surface area contributed by atoms with Crippen LogP contribution in [-0.2, 0) is 6.42 Å². The number of benzene rings is 1. The zero-order chi connectivity index (χ0) is 13.2. The molecule has 0 unspecified atom stereocenters. The molecule has 2 aromatic heterocycles. The first-order chi connectivity index (χ1) is 9.29. The van der Waals surface area contributed by atoms with Gasteiger partial charge in [0.2, 0.25) is 0 Å². The van der Waals surface area contributed by atoms with Crippen molar-refractivity contribution in [2.75, 3.05) is 0 Å². The van der Waals surface area contributed by atoms with Gasteiger partial charge in [-0.25, -0.2) is 4.98 Å². The van der Waals surface area contributed by atoms with Crippen molar-refractivity contribution in [2.45, 2.75) is 32.6 Å². The first-order valence-corrected chi connectivity index (χ1v) is 7.51. The van der Waals surface area contributed by atoms with E-state index in [9.17, 15) is 4.79 Å². The third-order valence-electron chi connectivity index (χ3n) is 3.28. The van der Waals surface area contributed by atoms with Crippen LogP contribution in [0.2, 0.25) is 0 Å². The number of rotatable bonds is 4. The smallest absolute Gasteiger partial charge is 0.258 e. The van der Waals surface area contributed by atoms with Gasteiger partial charge in [-0.1, -0.05) is 31.9 Å². The molecule has 0 aliphatic rings. The molecule has 0 atom stereocenters. The first-order valence-electron chi connectivity index (χ1n) is 6.70. The van der Waals surface area contributed by atoms with Crippen LogP contribution in [0, 0.1) is 0 Å². The Kier molecular flexibility index (Phi) is 3.34. The van der Waals surface area contributed by atoms with Gasteiger partial charge in [-0.05, 0) is 25.0 Å². The van der Waals surface area contributed by atoms with Gasteiger partial charge in [0, 0.05) is 10.9 Å². The summed E-state index contributed by atoms with van der Waals surface area (Å²) in [4.78, 5) is 18.7. The lowest BCUT2D eigenvalue weighted by atomic mass is 10.2. The van der Waals surface area contributed by atoms with Crippen molar-refractivity contribution < 1.29 is 0 Å². The summed E-state index contributed by atoms with van der Waals surface area (Å²) in [7, 11) is 0. The molecule has 0 aliphatic heterocycles. The Labute approximate surface area is 115 Å². The highest BCUT2D eigenvalue weighted by atomic mass is 32.1. The first kappa shape index (κ1) is 12.4. The maximum atomic E-state index is 12.2. The van der Waals surface area contributed by atoms with Crippen LogP contribution in [0.3, 0.4) is 0 Å². The van der Waals surface area contributed by atoms with E-state index in [-0.39, 0.29) is 5.56 Å². The highest BCUT2D eigenvalue weighted by molar-refractivity contribution is 7.16. The average molecular weight is 272 g/mol. The van der Waals surface area contributed by atoms with Gasteiger partial charge in [-0.2, -0.15) is 0 Å². The van der Waals surface area contributed by atoms with Gasteiger partial charge >= 0.3 is 0 Å². The van der Waals surface area contributed by atoms with Crippen LogP contribution in [0.4, 0.5) is 0 Å². The molecule has 1 aromatic carbocycles. The minimum Gasteiger partial charge on any atom is -0.269 e. The maximum absolute atomic E-state index is 12.2. The Morgan fingerprint density at radius 2 is 2.11 bits per heavy atom. The molecule has 98 valence electrons. The van der Waals surface area contributed by atoms with E-state index in [0.717, 1.165) is 33.7 Å². The molecule has 0 fully saturated rings. The average Bonchev–Trinajstić information content (AvgIpc) is 2.77. The van der Waals surface area contributed by atoms with E-state index in [0.29, 0.717) is 0 Å². The molecule has 4 heteroatoms. The Morgan fingerprint density at radius 3 is 2.95 bits per heavy atom. The number of imidazole rings is 1. The summed E-state index contributed by atoms with van der Waals surface area (Å²) in [5.74, 6) is 0. The van der Waals surface area contributed by atoms with Crippen LogP contribution >= 0.6 is 11.3 Å². The molecule has 0 saturated heterocycles. The predicted molar refractivity (Wildman–Crippen MR) is 80.1 cm³/mol. The molecule has 3 nitrogen and oxygen atoms in total. The minimum atomic E-state index is 0.0361. The Bertz CT molecular complexity index is 773. The summed E-state index contributed by atoms with van der Waals surface area (Å²) >= 11 is 1.63. The molecule has 0 bridgehead atoms. The summed E-state index contributed by atoms with van der Waals surface area (Å²) in [6.45, 7) is 2.19. The molecule has 0 N–H and O–H groups in total. The summed E-state index contributed by atoms with van der Waals surface area (Å²) in [6.07, 6.45) is 4.53. The van der Waals surface area contributed by atoms with Crippen LogP contribution < -0.4 is 5.56 Å². The molecule has 2 heterocycles. The van der Waals surface area contributed by atoms with Crippen molar-refractivity contribution >= 4 is 27.3 Å². The van der Waals surface area contributed by atoms with Crippen LogP contribution in [-0.4, -0.2) is 9.38 Å². The zero-order valence-corrected chi connectivity index (χ0v) is 11.7. The fourth-order valence-electron chi connectivity index (χ4n) is 2.31. The Morgan fingerprint density at radius 1 is 1.26 bits per heavy atom. The SMILES string of the molecule is CCCCCc1cc(=O)n2c(nc3ccccc32)s1. The third kappa shape index (κ3) is 2.28. The van der Waals surface area contributed by atoms with Gasteiger partial charge in [-0.3, -0.25) is 9.20 Å². The van der Waals surface area contributed by atoms with Gasteiger partial charge in [0.25, 0.3) is 5.56 Å². The normalized spacial score (nSPS) is 11.4. The second-order valence-corrected chi connectivity index (χ2v) is 5.82. The molecule has 0 aliphatic carbocycles. The Hall–Kier alpha value is -1.68. The van der Waals surface area contributed by atoms with Gasteiger partial charge in [-0.15, -0.1) is 11.3 Å². The number of aromatic nitrogens is 2. The summed E-state index contributed by atoms with van der Waals surface area (Å²) < 4.78 is 1.71. The second kappa shape index (κ2) is 5.13. The number of para-hydroxylation sites is 2. The van der Waals surface area contributed by atoms with E-state index < -0.39 is 0 Å². The number of unbranched alkanes of at least 4 members (excludes halogenated alkanes) is 2. The van der Waals surface area contributed by atoms with Gasteiger partial charge < -0.3 is 0 Å². The molecule has 0 radical (unpaired) electrons. The summed E-state index contributed by atoms with van der Waals surface area (Å²) in [6, 6.07) is 9.55. The predicted octanol–water partition coefficient (Wildman–Crippen LogP) is 3.64. The number of hydrogen-bond donors (Lipinski definition) is 0. The zero-order valence-electron chi connectivity index (χ0n) is 10.9. The summed E-state index contributed by atoms with van der Waals surface area (Å²) in [5, 5.41) is 0. The van der Waals surface area contributed by atoms with Crippen molar-refractivity contribution in [3.05, 3.63) is 45.6 Å². The number of aryl methyl sites for hydroxylation is 1.